The third kappa shape index (κ3) is 37.6. The number of rotatable bonds is 58. The van der Waals surface area contributed by atoms with Crippen molar-refractivity contribution in [2.75, 3.05) is 19.6 Å². The van der Waals surface area contributed by atoms with Crippen LogP contribution < -0.4 is 104 Å². The van der Waals surface area contributed by atoms with E-state index in [9.17, 15) is 91.7 Å². The summed E-state index contributed by atoms with van der Waals surface area (Å²) in [5, 5.41) is 53.7. The van der Waals surface area contributed by atoms with Crippen LogP contribution in [0.3, 0.4) is 0 Å². The quantitative estimate of drug-likeness (QED) is 0.0310. The van der Waals surface area contributed by atoms with Crippen LogP contribution in [0.15, 0.2) is 30.5 Å². The summed E-state index contributed by atoms with van der Waals surface area (Å²) in [6.45, 7) is 20.4. The van der Waals surface area contributed by atoms with E-state index in [0.717, 1.165) is 0 Å². The number of amides is 15. The predicted molar refractivity (Wildman–Crippen MR) is 435 cm³/mol. The molecule has 0 saturated heterocycles. The second-order valence-corrected chi connectivity index (χ2v) is 31.3. The standard InChI is InChI=1S/C78H132N20O19/c1-13-43(9)63(83)77(116)97-59(38-62(102)103)76(115)95-57(36-47-39-85-49-24-16-15-23-48(47)49)75(114)90-51(26-18-21-31-80)69(108)89-52(27-19-22-32-81)70(109)93-55(34-41(5)6)73(112)94-56(35-42(7)8)74(113)96-58(37-61(100)101)72(111)87-45(11)66(105)86-46(12)67(106)88-50(25-17-20-30-79)68(107)91-53(28-29-60(82)99)71(110)98-64(44(10)14-2)78(117)92-54(65(84)104)33-40(3)4/h15-16,23-24,39-46,50-59,63-64,85H,13-14,17-22,25-38,79-81,83H2,1-12H3,(H2,82,99)(H2,84,104)(H,86,105)(H,87,111)(H,88,106)(H,89,108)(H,90,114)(H,91,107)(H,92,117)(H,93,109)(H,94,112)(H,95,115)(H,96,113)(H,97,116)(H,98,110)(H,100,101)(H,102,103). The van der Waals surface area contributed by atoms with E-state index < -0.39 is 210 Å². The van der Waals surface area contributed by atoms with Crippen LogP contribution in [0.5, 0.6) is 0 Å². The second kappa shape index (κ2) is 53.0. The zero-order valence-corrected chi connectivity index (χ0v) is 69.7. The number of carboxylic acid groups (broad SMARTS) is 2. The molecular formula is C78H132N20O19. The van der Waals surface area contributed by atoms with Crippen LogP contribution in [-0.4, -0.2) is 220 Å². The van der Waals surface area contributed by atoms with E-state index in [4.69, 9.17) is 34.4 Å². The van der Waals surface area contributed by atoms with Crippen LogP contribution in [0.1, 0.15) is 204 Å². The lowest BCUT2D eigenvalue weighted by atomic mass is 9.96. The van der Waals surface area contributed by atoms with Gasteiger partial charge in [0.05, 0.1) is 18.9 Å². The molecule has 28 N–H and O–H groups in total. The summed E-state index contributed by atoms with van der Waals surface area (Å²) in [4.78, 5) is 236. The second-order valence-electron chi connectivity index (χ2n) is 31.3. The summed E-state index contributed by atoms with van der Waals surface area (Å²) < 4.78 is 0. The van der Waals surface area contributed by atoms with Gasteiger partial charge >= 0.3 is 11.9 Å². The molecule has 0 aliphatic heterocycles. The molecule has 1 heterocycles. The third-order valence-corrected chi connectivity index (χ3v) is 19.7. The van der Waals surface area contributed by atoms with Gasteiger partial charge in [-0.15, -0.1) is 0 Å². The van der Waals surface area contributed by atoms with Crippen molar-refractivity contribution in [1.29, 1.82) is 0 Å². The lowest BCUT2D eigenvalue weighted by Crippen LogP contribution is -2.61. The lowest BCUT2D eigenvalue weighted by molar-refractivity contribution is -0.142. The number of nitrogens with two attached hydrogens (primary N) is 6. The largest absolute Gasteiger partial charge is 0.481 e. The number of fused-ring (bicyclic) bond motifs is 1. The molecule has 117 heavy (non-hydrogen) atoms. The van der Waals surface area contributed by atoms with E-state index in [2.05, 4.69) is 74.1 Å². The molecule has 39 heteroatoms. The maximum absolute atomic E-state index is 14.8. The van der Waals surface area contributed by atoms with Crippen LogP contribution in [0.4, 0.5) is 0 Å². The SMILES string of the molecule is CCC(C)C(N)C(=O)NC(CC(=O)O)C(=O)NC(Cc1c[nH]c2ccccc12)C(=O)NC(CCCCN)C(=O)NC(CCCCN)C(=O)NC(CC(C)C)C(=O)NC(CC(C)C)C(=O)NC(CC(=O)O)C(=O)NC(C)C(=O)NC(C)C(=O)NC(CCCCN)C(=O)NC(CCC(N)=O)C(=O)NC(C(=O)NC(CC(C)C)C(N)=O)C(C)CC. The monoisotopic (exact) mass is 1650 g/mol. The first-order valence-corrected chi connectivity index (χ1v) is 40.4. The minimum atomic E-state index is -1.91. The van der Waals surface area contributed by atoms with Gasteiger partial charge < -0.3 is 119 Å². The zero-order chi connectivity index (χ0) is 88.5. The fraction of sp³-hybridized carbons (Fsp3) is 0.679. The average molecular weight is 1650 g/mol. The Balaban J connectivity index is 2.46. The number of aliphatic carboxylic acids is 2. The molecule has 16 atom stereocenters. The molecular weight excluding hydrogens is 1520 g/mol. The van der Waals surface area contributed by atoms with E-state index in [-0.39, 0.29) is 114 Å². The van der Waals surface area contributed by atoms with E-state index in [0.29, 0.717) is 48.6 Å². The fourth-order valence-corrected chi connectivity index (χ4v) is 12.4. The van der Waals surface area contributed by atoms with Crippen molar-refractivity contribution in [1.82, 2.24) is 74.1 Å². The van der Waals surface area contributed by atoms with Gasteiger partial charge in [-0.1, -0.05) is 100 Å². The van der Waals surface area contributed by atoms with Crippen LogP contribution >= 0.6 is 0 Å². The van der Waals surface area contributed by atoms with Crippen molar-refractivity contribution >= 4 is 111 Å². The van der Waals surface area contributed by atoms with Gasteiger partial charge in [0.15, 0.2) is 0 Å². The maximum Gasteiger partial charge on any atom is 0.305 e. The van der Waals surface area contributed by atoms with Gasteiger partial charge in [0.1, 0.15) is 78.5 Å². The van der Waals surface area contributed by atoms with Gasteiger partial charge in [-0.3, -0.25) is 81.5 Å². The van der Waals surface area contributed by atoms with Crippen LogP contribution in [0, 0.1) is 29.6 Å². The number of carboxylic acids is 2. The fourth-order valence-electron chi connectivity index (χ4n) is 12.4. The number of unbranched alkanes of at least 4 members (excludes halogenated alkanes) is 3. The molecule has 1 aromatic heterocycles. The van der Waals surface area contributed by atoms with E-state index in [1.165, 1.54) is 13.8 Å². The van der Waals surface area contributed by atoms with Crippen molar-refractivity contribution in [3.05, 3.63) is 36.0 Å². The molecule has 0 bridgehead atoms. The highest BCUT2D eigenvalue weighted by Gasteiger charge is 2.39. The van der Waals surface area contributed by atoms with Crippen molar-refractivity contribution in [2.24, 2.45) is 64.0 Å². The summed E-state index contributed by atoms with van der Waals surface area (Å²) >= 11 is 0. The molecule has 2 rings (SSSR count). The number of carbonyl (C=O) groups is 17. The van der Waals surface area contributed by atoms with Crippen molar-refractivity contribution in [3.63, 3.8) is 0 Å². The number of aromatic nitrogens is 1. The number of primary amides is 2. The molecule has 0 aliphatic rings. The molecule has 15 amide bonds. The number of benzene rings is 1. The number of aromatic amines is 1. The molecule has 16 unspecified atom stereocenters. The normalized spacial score (nSPS) is 15.5. The van der Waals surface area contributed by atoms with Gasteiger partial charge in [0.2, 0.25) is 88.6 Å². The van der Waals surface area contributed by atoms with Gasteiger partial charge in [-0.05, 0) is 158 Å². The Morgan fingerprint density at radius 2 is 0.709 bits per heavy atom. The van der Waals surface area contributed by atoms with Crippen molar-refractivity contribution < 1.29 is 91.7 Å². The number of carbonyl (C=O) groups excluding carboxylic acids is 15. The maximum atomic E-state index is 14.8. The van der Waals surface area contributed by atoms with Gasteiger partial charge in [0.25, 0.3) is 0 Å². The summed E-state index contributed by atoms with van der Waals surface area (Å²) in [7, 11) is 0. The Morgan fingerprint density at radius 3 is 1.13 bits per heavy atom. The molecule has 2 aromatic rings. The Morgan fingerprint density at radius 1 is 0.376 bits per heavy atom. The minimum Gasteiger partial charge on any atom is -0.481 e. The number of hydrogen-bond acceptors (Lipinski definition) is 21. The Kier molecular flexibility index (Phi) is 46.5. The van der Waals surface area contributed by atoms with E-state index >= 15 is 0 Å². The first-order valence-electron chi connectivity index (χ1n) is 40.4. The predicted octanol–water partition coefficient (Wildman–Crippen LogP) is -2.30. The van der Waals surface area contributed by atoms with Gasteiger partial charge in [0, 0.05) is 29.9 Å². The van der Waals surface area contributed by atoms with Crippen LogP contribution in [-0.2, 0) is 87.9 Å². The zero-order valence-electron chi connectivity index (χ0n) is 69.7. The van der Waals surface area contributed by atoms with Crippen LogP contribution in [0.25, 0.3) is 10.9 Å². The highest BCUT2D eigenvalue weighted by molar-refractivity contribution is 6.01. The smallest absolute Gasteiger partial charge is 0.305 e. The molecule has 0 radical (unpaired) electrons. The highest BCUT2D eigenvalue weighted by atomic mass is 16.4. The molecule has 0 saturated carbocycles. The number of hydrogen-bond donors (Lipinski definition) is 22. The molecule has 0 spiro atoms. The topological polar surface area (TPSA) is 659 Å². The summed E-state index contributed by atoms with van der Waals surface area (Å²) in [6, 6.07) is -13.2. The Bertz CT molecular complexity index is 3650. The molecule has 0 fully saturated rings. The Labute approximate surface area is 683 Å². The summed E-state index contributed by atoms with van der Waals surface area (Å²) in [5.74, 6) is -18.5. The first kappa shape index (κ1) is 103. The summed E-state index contributed by atoms with van der Waals surface area (Å²) in [6.07, 6.45) is 1.32. The minimum absolute atomic E-state index is 0.0513. The van der Waals surface area contributed by atoms with Gasteiger partial charge in [-0.25, -0.2) is 0 Å². The molecule has 658 valence electrons. The Hall–Kier alpha value is -10.4. The number of para-hydroxylation sites is 1. The number of H-pyrrole nitrogens is 1. The average Bonchev–Trinajstić information content (AvgIpc) is 1.70. The van der Waals surface area contributed by atoms with E-state index in [1.54, 1.807) is 85.9 Å². The lowest BCUT2D eigenvalue weighted by Gasteiger charge is -2.29. The third-order valence-electron chi connectivity index (χ3n) is 19.7. The molecule has 0 aliphatic carbocycles. The highest BCUT2D eigenvalue weighted by Crippen LogP contribution is 2.21. The van der Waals surface area contributed by atoms with Crippen molar-refractivity contribution in [3.8, 4) is 0 Å². The molecule has 39 nitrogen and oxygen atoms in total. The summed E-state index contributed by atoms with van der Waals surface area (Å²) in [5.41, 5.74) is 35.9. The van der Waals surface area contributed by atoms with E-state index in [1.807, 2.05) is 13.8 Å². The molecule has 1 aromatic carbocycles. The first-order chi connectivity index (χ1) is 55.0. The van der Waals surface area contributed by atoms with Crippen molar-refractivity contribution in [2.45, 2.75) is 290 Å². The van der Waals surface area contributed by atoms with Crippen LogP contribution in [0.2, 0.25) is 0 Å². The number of nitrogens with one attached hydrogen (secondary N) is 14. The van der Waals surface area contributed by atoms with Gasteiger partial charge in [-0.2, -0.15) is 0 Å².